The number of aromatic nitrogens is 2. The number of ether oxygens (including phenoxy) is 1. The van der Waals surface area contributed by atoms with Gasteiger partial charge >= 0.3 is 5.97 Å². The molecule has 0 bridgehead atoms. The lowest BCUT2D eigenvalue weighted by Gasteiger charge is -2.11. The van der Waals surface area contributed by atoms with Crippen molar-refractivity contribution in [2.45, 2.75) is 43.4 Å². The second-order valence-electron chi connectivity index (χ2n) is 6.28. The van der Waals surface area contributed by atoms with Crippen molar-refractivity contribution in [3.8, 4) is 0 Å². The van der Waals surface area contributed by atoms with Crippen LogP contribution in [-0.2, 0) is 23.3 Å². The minimum absolute atomic E-state index is 0.269. The highest BCUT2D eigenvalue weighted by Gasteiger charge is 2.20. The van der Waals surface area contributed by atoms with Crippen LogP contribution in [0.1, 0.15) is 46.1 Å². The van der Waals surface area contributed by atoms with Gasteiger partial charge in [-0.1, -0.05) is 12.1 Å². The number of carbonyl (C=O) groups is 1. The molecule has 0 spiro atoms. The van der Waals surface area contributed by atoms with E-state index in [1.54, 1.807) is 18.1 Å². The maximum Gasteiger partial charge on any atom is 0.338 e. The second kappa shape index (κ2) is 7.76. The maximum atomic E-state index is 11.7. The van der Waals surface area contributed by atoms with Crippen LogP contribution in [-0.4, -0.2) is 22.5 Å². The van der Waals surface area contributed by atoms with Crippen LogP contribution in [0, 0.1) is 0 Å². The lowest BCUT2D eigenvalue weighted by molar-refractivity contribution is 0.0526. The van der Waals surface area contributed by atoms with Gasteiger partial charge < -0.3 is 4.74 Å². The highest BCUT2D eigenvalue weighted by Crippen LogP contribution is 2.39. The molecule has 134 valence electrons. The van der Waals surface area contributed by atoms with Gasteiger partial charge in [-0.05, 0) is 55.9 Å². The summed E-state index contributed by atoms with van der Waals surface area (Å²) in [4.78, 5) is 23.4. The molecule has 2 heterocycles. The Labute approximate surface area is 161 Å². The molecule has 4 rings (SSSR count). The number of fused-ring (bicyclic) bond motifs is 3. The van der Waals surface area contributed by atoms with Crippen LogP contribution in [0.15, 0.2) is 35.6 Å². The lowest BCUT2D eigenvalue weighted by atomic mass is 9.97. The summed E-state index contributed by atoms with van der Waals surface area (Å²) in [5.41, 5.74) is 3.23. The third-order valence-corrected chi connectivity index (χ3v) is 6.82. The largest absolute Gasteiger partial charge is 0.462 e. The Morgan fingerprint density at radius 3 is 2.81 bits per heavy atom. The Bertz CT molecular complexity index is 935. The first kappa shape index (κ1) is 17.5. The summed E-state index contributed by atoms with van der Waals surface area (Å²) in [5, 5.41) is 2.34. The molecule has 0 unspecified atom stereocenters. The summed E-state index contributed by atoms with van der Waals surface area (Å²) in [5.74, 6) is 0.550. The number of thiophene rings is 1. The van der Waals surface area contributed by atoms with Crippen LogP contribution >= 0.6 is 23.1 Å². The van der Waals surface area contributed by atoms with Gasteiger partial charge in [0.2, 0.25) is 0 Å². The van der Waals surface area contributed by atoms with E-state index in [9.17, 15) is 4.79 Å². The molecule has 0 radical (unpaired) electrons. The van der Waals surface area contributed by atoms with Crippen molar-refractivity contribution < 1.29 is 9.53 Å². The van der Waals surface area contributed by atoms with Crippen LogP contribution in [0.5, 0.6) is 0 Å². The van der Waals surface area contributed by atoms with E-state index in [1.807, 2.05) is 42.5 Å². The molecular formula is C20H20N2O2S2. The highest BCUT2D eigenvalue weighted by atomic mass is 32.2. The second-order valence-corrected chi connectivity index (χ2v) is 8.32. The van der Waals surface area contributed by atoms with Gasteiger partial charge in [-0.2, -0.15) is 0 Å². The van der Waals surface area contributed by atoms with Crippen LogP contribution < -0.4 is 0 Å². The summed E-state index contributed by atoms with van der Waals surface area (Å²) < 4.78 is 5.03. The summed E-state index contributed by atoms with van der Waals surface area (Å²) in [6.45, 7) is 2.21. The summed E-state index contributed by atoms with van der Waals surface area (Å²) in [7, 11) is 0. The van der Waals surface area contributed by atoms with Gasteiger partial charge in [0.05, 0.1) is 12.2 Å². The molecule has 26 heavy (non-hydrogen) atoms. The maximum absolute atomic E-state index is 11.7. The van der Waals surface area contributed by atoms with Crippen LogP contribution in [0.2, 0.25) is 0 Å². The predicted molar refractivity (Wildman–Crippen MR) is 106 cm³/mol. The highest BCUT2D eigenvalue weighted by molar-refractivity contribution is 7.98. The van der Waals surface area contributed by atoms with Gasteiger partial charge in [0.25, 0.3) is 0 Å². The van der Waals surface area contributed by atoms with Crippen molar-refractivity contribution in [3.63, 3.8) is 0 Å². The minimum Gasteiger partial charge on any atom is -0.462 e. The fraction of sp³-hybridized carbons (Fsp3) is 0.350. The molecule has 0 fully saturated rings. The fourth-order valence-electron chi connectivity index (χ4n) is 3.27. The van der Waals surface area contributed by atoms with Crippen molar-refractivity contribution in [3.05, 3.63) is 52.2 Å². The Kier molecular flexibility index (Phi) is 5.22. The topological polar surface area (TPSA) is 52.1 Å². The van der Waals surface area contributed by atoms with Gasteiger partial charge in [-0.3, -0.25) is 0 Å². The standard InChI is InChI=1S/C20H20N2O2S2/c1-2-24-20(23)14-9-7-13(8-10-14)11-25-18-17-15-5-3-4-6-16(15)26-19(17)22-12-21-18/h7-10,12H,2-6,11H2,1H3. The average Bonchev–Trinajstić information content (AvgIpc) is 3.06. The molecular weight excluding hydrogens is 364 g/mol. The summed E-state index contributed by atoms with van der Waals surface area (Å²) in [6, 6.07) is 7.63. The van der Waals surface area contributed by atoms with Gasteiger partial charge in [0.15, 0.2) is 0 Å². The quantitative estimate of drug-likeness (QED) is 0.350. The van der Waals surface area contributed by atoms with Gasteiger partial charge in [0, 0.05) is 16.0 Å². The molecule has 1 aliphatic rings. The number of hydrogen-bond donors (Lipinski definition) is 0. The number of nitrogens with zero attached hydrogens (tertiary/aromatic N) is 2. The van der Waals surface area contributed by atoms with Crippen molar-refractivity contribution in [1.82, 2.24) is 9.97 Å². The van der Waals surface area contributed by atoms with Gasteiger partial charge in [-0.15, -0.1) is 23.1 Å². The van der Waals surface area contributed by atoms with E-state index in [4.69, 9.17) is 4.74 Å². The molecule has 0 saturated carbocycles. The smallest absolute Gasteiger partial charge is 0.338 e. The molecule has 6 heteroatoms. The normalized spacial score (nSPS) is 13.6. The number of hydrogen-bond acceptors (Lipinski definition) is 6. The van der Waals surface area contributed by atoms with E-state index in [0.717, 1.165) is 22.0 Å². The molecule has 0 amide bonds. The number of benzene rings is 1. The number of thioether (sulfide) groups is 1. The monoisotopic (exact) mass is 384 g/mol. The van der Waals surface area contributed by atoms with Crippen LogP contribution in [0.3, 0.4) is 0 Å². The third-order valence-electron chi connectivity index (χ3n) is 4.56. The Morgan fingerprint density at radius 1 is 1.19 bits per heavy atom. The first-order chi connectivity index (χ1) is 12.8. The first-order valence-corrected chi connectivity index (χ1v) is 10.7. The molecule has 3 aromatic rings. The van der Waals surface area contributed by atoms with Crippen LogP contribution in [0.25, 0.3) is 10.2 Å². The van der Waals surface area contributed by atoms with Gasteiger partial charge in [0.1, 0.15) is 16.2 Å². The Morgan fingerprint density at radius 2 is 2.00 bits per heavy atom. The number of carbonyl (C=O) groups excluding carboxylic acids is 1. The summed E-state index contributed by atoms with van der Waals surface area (Å²) in [6.07, 6.45) is 6.53. The third kappa shape index (κ3) is 3.48. The number of rotatable bonds is 5. The zero-order valence-electron chi connectivity index (χ0n) is 14.7. The zero-order valence-corrected chi connectivity index (χ0v) is 16.3. The molecule has 1 aromatic carbocycles. The van der Waals surface area contributed by atoms with E-state index < -0.39 is 0 Å². The molecule has 4 nitrogen and oxygen atoms in total. The van der Waals surface area contributed by atoms with E-state index >= 15 is 0 Å². The van der Waals surface area contributed by atoms with E-state index in [1.165, 1.54) is 40.7 Å². The van der Waals surface area contributed by atoms with Crippen molar-refractivity contribution in [2.24, 2.45) is 0 Å². The number of aryl methyl sites for hydroxylation is 2. The van der Waals surface area contributed by atoms with Crippen LogP contribution in [0.4, 0.5) is 0 Å². The minimum atomic E-state index is -0.269. The lowest BCUT2D eigenvalue weighted by Crippen LogP contribution is -2.04. The summed E-state index contributed by atoms with van der Waals surface area (Å²) >= 11 is 3.57. The predicted octanol–water partition coefficient (Wildman–Crippen LogP) is 5.04. The fourth-order valence-corrected chi connectivity index (χ4v) is 5.55. The SMILES string of the molecule is CCOC(=O)c1ccc(CSc2ncnc3sc4c(c23)CCCC4)cc1. The van der Waals surface area contributed by atoms with E-state index in [2.05, 4.69) is 9.97 Å². The van der Waals surface area contributed by atoms with Crippen molar-refractivity contribution in [2.75, 3.05) is 6.61 Å². The molecule has 0 aliphatic heterocycles. The Hall–Kier alpha value is -1.92. The molecule has 0 N–H and O–H groups in total. The molecule has 1 aliphatic carbocycles. The zero-order chi connectivity index (χ0) is 17.9. The number of esters is 1. The first-order valence-electron chi connectivity index (χ1n) is 8.90. The van der Waals surface area contributed by atoms with E-state index in [0.29, 0.717) is 12.2 Å². The molecule has 0 atom stereocenters. The molecule has 2 aromatic heterocycles. The van der Waals surface area contributed by atoms with Crippen molar-refractivity contribution >= 4 is 39.3 Å². The average molecular weight is 385 g/mol. The van der Waals surface area contributed by atoms with Gasteiger partial charge in [-0.25, -0.2) is 14.8 Å². The molecule has 0 saturated heterocycles. The van der Waals surface area contributed by atoms with Crippen molar-refractivity contribution in [1.29, 1.82) is 0 Å². The van der Waals surface area contributed by atoms with E-state index in [-0.39, 0.29) is 5.97 Å². The Balaban J connectivity index is 1.53.